The highest BCUT2D eigenvalue weighted by atomic mass is 32.2. The topological polar surface area (TPSA) is 12.0 Å². The Labute approximate surface area is 103 Å². The van der Waals surface area contributed by atoms with Gasteiger partial charge in [0, 0.05) is 18.5 Å². The summed E-state index contributed by atoms with van der Waals surface area (Å²) in [6, 6.07) is 8.87. The molecule has 1 heterocycles. The molecule has 0 radical (unpaired) electrons. The molecule has 0 amide bonds. The van der Waals surface area contributed by atoms with Crippen LogP contribution >= 0.6 is 11.8 Å². The van der Waals surface area contributed by atoms with E-state index in [1.807, 2.05) is 0 Å². The molecular weight excluding hydrogens is 214 g/mol. The maximum Gasteiger partial charge on any atom is 0.0213 e. The first-order valence-corrected chi connectivity index (χ1v) is 7.28. The zero-order valence-electron chi connectivity index (χ0n) is 10.3. The molecule has 1 fully saturated rings. The Kier molecular flexibility index (Phi) is 3.93. The fourth-order valence-corrected chi connectivity index (χ4v) is 3.33. The summed E-state index contributed by atoms with van der Waals surface area (Å²) >= 11 is 2.06. The minimum absolute atomic E-state index is 0.424. The normalized spacial score (nSPS) is 18.1. The molecular formula is C14H21NS. The Morgan fingerprint density at radius 3 is 2.62 bits per heavy atom. The van der Waals surface area contributed by atoms with Crippen LogP contribution in [-0.2, 0) is 5.41 Å². The van der Waals surface area contributed by atoms with E-state index in [-0.39, 0.29) is 0 Å². The third-order valence-corrected chi connectivity index (χ3v) is 4.47. The Hall–Kier alpha value is -0.470. The molecule has 2 rings (SSSR count). The summed E-state index contributed by atoms with van der Waals surface area (Å²) in [6.45, 7) is 6.79. The molecule has 0 aliphatic carbocycles. The largest absolute Gasteiger partial charge is 0.315 e. The number of rotatable bonds is 5. The summed E-state index contributed by atoms with van der Waals surface area (Å²) < 4.78 is 0. The van der Waals surface area contributed by atoms with Crippen LogP contribution in [0.5, 0.6) is 0 Å². The second-order valence-electron chi connectivity index (χ2n) is 4.65. The van der Waals surface area contributed by atoms with Crippen LogP contribution in [0.3, 0.4) is 0 Å². The molecule has 1 N–H and O–H groups in total. The molecule has 1 saturated heterocycles. The van der Waals surface area contributed by atoms with E-state index in [2.05, 4.69) is 55.2 Å². The Morgan fingerprint density at radius 2 is 2.06 bits per heavy atom. The fourth-order valence-electron chi connectivity index (χ4n) is 2.51. The van der Waals surface area contributed by atoms with E-state index in [4.69, 9.17) is 0 Å². The molecule has 0 unspecified atom stereocenters. The molecule has 0 spiro atoms. The molecule has 0 bridgehead atoms. The first kappa shape index (κ1) is 12.0. The summed E-state index contributed by atoms with van der Waals surface area (Å²) in [5.74, 6) is 2.52. The van der Waals surface area contributed by atoms with Crippen molar-refractivity contribution in [2.75, 3.05) is 24.6 Å². The molecule has 1 aliphatic rings. The Bertz CT molecular complexity index is 344. The van der Waals surface area contributed by atoms with E-state index in [1.165, 1.54) is 23.5 Å². The first-order valence-electron chi connectivity index (χ1n) is 6.13. The minimum atomic E-state index is 0.424. The smallest absolute Gasteiger partial charge is 0.0213 e. The highest BCUT2D eigenvalue weighted by Gasteiger charge is 2.38. The average Bonchev–Trinajstić information content (AvgIpc) is 2.24. The number of aryl methyl sites for hydroxylation is 1. The zero-order valence-corrected chi connectivity index (χ0v) is 11.1. The van der Waals surface area contributed by atoms with Crippen molar-refractivity contribution in [3.8, 4) is 0 Å². The number of nitrogens with one attached hydrogen (secondary N) is 1. The minimum Gasteiger partial charge on any atom is -0.315 e. The highest BCUT2D eigenvalue weighted by molar-refractivity contribution is 7.99. The van der Waals surface area contributed by atoms with E-state index in [0.29, 0.717) is 5.41 Å². The van der Waals surface area contributed by atoms with Crippen molar-refractivity contribution in [2.45, 2.75) is 25.7 Å². The van der Waals surface area contributed by atoms with Gasteiger partial charge < -0.3 is 5.32 Å². The number of hydrogen-bond donors (Lipinski definition) is 1. The highest BCUT2D eigenvalue weighted by Crippen LogP contribution is 2.35. The quantitative estimate of drug-likeness (QED) is 0.788. The summed E-state index contributed by atoms with van der Waals surface area (Å²) in [7, 11) is 0. The molecule has 0 aromatic heterocycles. The number of hydrogen-bond acceptors (Lipinski definition) is 2. The molecule has 88 valence electrons. The van der Waals surface area contributed by atoms with Crippen LogP contribution in [-0.4, -0.2) is 24.6 Å². The summed E-state index contributed by atoms with van der Waals surface area (Å²) in [6.07, 6.45) is 1.31. The van der Waals surface area contributed by atoms with Gasteiger partial charge in [-0.15, -0.1) is 0 Å². The van der Waals surface area contributed by atoms with Crippen molar-refractivity contribution < 1.29 is 0 Å². The van der Waals surface area contributed by atoms with Crippen molar-refractivity contribution in [3.05, 3.63) is 35.4 Å². The van der Waals surface area contributed by atoms with E-state index in [9.17, 15) is 0 Å². The summed E-state index contributed by atoms with van der Waals surface area (Å²) in [4.78, 5) is 0. The van der Waals surface area contributed by atoms with Gasteiger partial charge in [-0.05, 0) is 36.0 Å². The van der Waals surface area contributed by atoms with Gasteiger partial charge in [-0.2, -0.15) is 11.8 Å². The van der Waals surface area contributed by atoms with E-state index >= 15 is 0 Å². The van der Waals surface area contributed by atoms with Crippen LogP contribution in [0.1, 0.15) is 24.5 Å². The van der Waals surface area contributed by atoms with E-state index in [0.717, 1.165) is 13.1 Å². The van der Waals surface area contributed by atoms with Crippen molar-refractivity contribution in [3.63, 3.8) is 0 Å². The van der Waals surface area contributed by atoms with Crippen molar-refractivity contribution >= 4 is 11.8 Å². The van der Waals surface area contributed by atoms with Gasteiger partial charge in [0.25, 0.3) is 0 Å². The van der Waals surface area contributed by atoms with Crippen LogP contribution in [0.15, 0.2) is 24.3 Å². The monoisotopic (exact) mass is 235 g/mol. The lowest BCUT2D eigenvalue weighted by Crippen LogP contribution is -2.57. The SMILES string of the molecule is CCSCCC1(c2ccccc2C)CNC1. The third-order valence-electron chi connectivity index (χ3n) is 3.57. The maximum atomic E-state index is 3.45. The Balaban J connectivity index is 2.12. The van der Waals surface area contributed by atoms with E-state index < -0.39 is 0 Å². The van der Waals surface area contributed by atoms with E-state index in [1.54, 1.807) is 5.56 Å². The molecule has 0 atom stereocenters. The molecule has 1 aromatic carbocycles. The van der Waals surface area contributed by atoms with Crippen LogP contribution in [0, 0.1) is 6.92 Å². The molecule has 2 heteroatoms. The first-order chi connectivity index (χ1) is 7.78. The molecule has 1 aliphatic heterocycles. The second-order valence-corrected chi connectivity index (χ2v) is 6.04. The average molecular weight is 235 g/mol. The molecule has 1 aromatic rings. The van der Waals surface area contributed by atoms with Gasteiger partial charge in [0.1, 0.15) is 0 Å². The van der Waals surface area contributed by atoms with Crippen molar-refractivity contribution in [1.82, 2.24) is 5.32 Å². The lowest BCUT2D eigenvalue weighted by atomic mass is 9.71. The van der Waals surface area contributed by atoms with Gasteiger partial charge in [0.05, 0.1) is 0 Å². The van der Waals surface area contributed by atoms with Crippen molar-refractivity contribution in [2.24, 2.45) is 0 Å². The van der Waals surface area contributed by atoms with Crippen molar-refractivity contribution in [1.29, 1.82) is 0 Å². The summed E-state index contributed by atoms with van der Waals surface area (Å²) in [5.41, 5.74) is 3.43. The maximum absolute atomic E-state index is 3.45. The van der Waals surface area contributed by atoms with Crippen LogP contribution in [0.4, 0.5) is 0 Å². The number of benzene rings is 1. The Morgan fingerprint density at radius 1 is 1.31 bits per heavy atom. The summed E-state index contributed by atoms with van der Waals surface area (Å²) in [5, 5.41) is 3.45. The fraction of sp³-hybridized carbons (Fsp3) is 0.571. The standard InChI is InChI=1S/C14H21NS/c1-3-16-9-8-14(10-15-11-14)13-7-5-4-6-12(13)2/h4-7,15H,3,8-11H2,1-2H3. The lowest BCUT2D eigenvalue weighted by molar-refractivity contribution is 0.268. The molecule has 1 nitrogen and oxygen atoms in total. The van der Waals surface area contributed by atoms with Crippen LogP contribution in [0.25, 0.3) is 0 Å². The number of thioether (sulfide) groups is 1. The van der Waals surface area contributed by atoms with Gasteiger partial charge in [-0.3, -0.25) is 0 Å². The predicted molar refractivity (Wildman–Crippen MR) is 73.3 cm³/mol. The third kappa shape index (κ3) is 2.28. The van der Waals surface area contributed by atoms with Crippen LogP contribution in [0.2, 0.25) is 0 Å². The predicted octanol–water partition coefficient (Wildman–Crippen LogP) is 2.98. The van der Waals surface area contributed by atoms with Gasteiger partial charge >= 0.3 is 0 Å². The lowest BCUT2D eigenvalue weighted by Gasteiger charge is -2.44. The second kappa shape index (κ2) is 5.24. The van der Waals surface area contributed by atoms with Gasteiger partial charge in [-0.25, -0.2) is 0 Å². The van der Waals surface area contributed by atoms with Gasteiger partial charge in [-0.1, -0.05) is 31.2 Å². The van der Waals surface area contributed by atoms with Gasteiger partial charge in [0.2, 0.25) is 0 Å². The van der Waals surface area contributed by atoms with Gasteiger partial charge in [0.15, 0.2) is 0 Å². The van der Waals surface area contributed by atoms with Crippen LogP contribution < -0.4 is 5.32 Å². The zero-order chi connectivity index (χ0) is 11.4. The molecule has 0 saturated carbocycles. The molecule has 16 heavy (non-hydrogen) atoms.